The lowest BCUT2D eigenvalue weighted by molar-refractivity contribution is -0.134. The Hall–Kier alpha value is -2.94. The molecule has 1 aromatic carbocycles. The van der Waals surface area contributed by atoms with Crippen LogP contribution in [0.15, 0.2) is 24.3 Å². The summed E-state index contributed by atoms with van der Waals surface area (Å²) in [5, 5.41) is 23.6. The molecule has 8 nitrogen and oxygen atoms in total. The maximum absolute atomic E-state index is 13.3. The molecular weight excluding hydrogens is 333 g/mol. The SMILES string of the molecule is COc1cc(F)cc2[nH]nc(CCN(C)C)c12.O=C(O)/C=C/C(=O)O. The molecule has 0 aliphatic heterocycles. The van der Waals surface area contributed by atoms with Crippen molar-refractivity contribution in [3.8, 4) is 5.75 Å². The summed E-state index contributed by atoms with van der Waals surface area (Å²) in [6.07, 6.45) is 1.92. The van der Waals surface area contributed by atoms with E-state index in [0.29, 0.717) is 23.4 Å². The number of hydrogen-bond acceptors (Lipinski definition) is 5. The Morgan fingerprint density at radius 1 is 1.28 bits per heavy atom. The molecule has 25 heavy (non-hydrogen) atoms. The quantitative estimate of drug-likeness (QED) is 0.674. The number of H-pyrrole nitrogens is 1. The molecule has 0 aliphatic rings. The van der Waals surface area contributed by atoms with Crippen LogP contribution in [0.3, 0.4) is 0 Å². The van der Waals surface area contributed by atoms with Crippen LogP contribution in [0.1, 0.15) is 5.69 Å². The van der Waals surface area contributed by atoms with Crippen LogP contribution in [-0.2, 0) is 16.0 Å². The van der Waals surface area contributed by atoms with Gasteiger partial charge in [0, 0.05) is 31.2 Å². The molecule has 0 atom stereocenters. The fourth-order valence-electron chi connectivity index (χ4n) is 1.97. The molecule has 0 amide bonds. The zero-order chi connectivity index (χ0) is 19.0. The summed E-state index contributed by atoms with van der Waals surface area (Å²) in [6.45, 7) is 0.889. The highest BCUT2D eigenvalue weighted by molar-refractivity contribution is 5.89. The summed E-state index contributed by atoms with van der Waals surface area (Å²) in [4.78, 5) is 21.2. The number of hydrogen-bond donors (Lipinski definition) is 3. The number of halogens is 1. The molecule has 0 radical (unpaired) electrons. The molecule has 0 saturated carbocycles. The van der Waals surface area contributed by atoms with Gasteiger partial charge < -0.3 is 19.8 Å². The number of aliphatic carboxylic acids is 2. The van der Waals surface area contributed by atoms with Gasteiger partial charge in [-0.2, -0.15) is 5.10 Å². The van der Waals surface area contributed by atoms with Crippen molar-refractivity contribution < 1.29 is 28.9 Å². The fourth-order valence-corrected chi connectivity index (χ4v) is 1.97. The van der Waals surface area contributed by atoms with Gasteiger partial charge in [-0.15, -0.1) is 0 Å². The number of aromatic nitrogens is 2. The van der Waals surface area contributed by atoms with Crippen molar-refractivity contribution in [2.45, 2.75) is 6.42 Å². The maximum atomic E-state index is 13.3. The predicted octanol–water partition coefficient (Wildman–Crippen LogP) is 1.53. The zero-order valence-electron chi connectivity index (χ0n) is 14.1. The third-order valence-corrected chi connectivity index (χ3v) is 3.05. The number of likely N-dealkylation sites (N-methyl/N-ethyl adjacent to an activating group) is 1. The van der Waals surface area contributed by atoms with Crippen LogP contribution in [0.25, 0.3) is 10.9 Å². The Balaban J connectivity index is 0.000000333. The number of nitrogens with zero attached hydrogens (tertiary/aromatic N) is 2. The van der Waals surface area contributed by atoms with Crippen LogP contribution in [0.2, 0.25) is 0 Å². The lowest BCUT2D eigenvalue weighted by Gasteiger charge is -2.08. The average Bonchev–Trinajstić information content (AvgIpc) is 2.93. The molecule has 9 heteroatoms. The topological polar surface area (TPSA) is 116 Å². The third kappa shape index (κ3) is 6.60. The van der Waals surface area contributed by atoms with Gasteiger partial charge in [-0.05, 0) is 20.2 Å². The minimum absolute atomic E-state index is 0.322. The molecular formula is C16H20FN3O5. The predicted molar refractivity (Wildman–Crippen MR) is 89.3 cm³/mol. The van der Waals surface area contributed by atoms with Crippen LogP contribution in [-0.4, -0.2) is 65.0 Å². The number of nitrogens with one attached hydrogen (secondary N) is 1. The lowest BCUT2D eigenvalue weighted by atomic mass is 10.1. The Bertz CT molecular complexity index is 754. The molecule has 0 spiro atoms. The van der Waals surface area contributed by atoms with E-state index in [-0.39, 0.29) is 5.82 Å². The van der Waals surface area contributed by atoms with E-state index in [2.05, 4.69) is 15.1 Å². The Labute approximate surface area is 143 Å². The normalized spacial score (nSPS) is 10.8. The van der Waals surface area contributed by atoms with E-state index in [9.17, 15) is 14.0 Å². The van der Waals surface area contributed by atoms with Crippen LogP contribution in [0.5, 0.6) is 5.75 Å². The van der Waals surface area contributed by atoms with Crippen LogP contribution in [0.4, 0.5) is 4.39 Å². The number of carbonyl (C=O) groups is 2. The van der Waals surface area contributed by atoms with E-state index in [4.69, 9.17) is 14.9 Å². The molecule has 1 heterocycles. The van der Waals surface area contributed by atoms with Crippen molar-refractivity contribution >= 4 is 22.8 Å². The first kappa shape index (κ1) is 20.1. The number of rotatable bonds is 6. The van der Waals surface area contributed by atoms with Crippen molar-refractivity contribution in [1.82, 2.24) is 15.1 Å². The smallest absolute Gasteiger partial charge is 0.328 e. The fraction of sp³-hybridized carbons (Fsp3) is 0.312. The van der Waals surface area contributed by atoms with Gasteiger partial charge in [0.2, 0.25) is 0 Å². The molecule has 0 bridgehead atoms. The first-order chi connectivity index (χ1) is 11.7. The highest BCUT2D eigenvalue weighted by atomic mass is 19.1. The van der Waals surface area contributed by atoms with E-state index >= 15 is 0 Å². The van der Waals surface area contributed by atoms with E-state index in [1.807, 2.05) is 14.1 Å². The standard InChI is InChI=1S/C12H16FN3O.C4H4O4/c1-16(2)5-4-9-12-10(15-14-9)6-8(13)7-11(12)17-3;5-3(6)1-2-4(7)8/h6-7H,4-5H2,1-3H3,(H,14,15);1-2H,(H,5,6)(H,7,8)/b;2-1+. The van der Waals surface area contributed by atoms with Gasteiger partial charge in [0.15, 0.2) is 0 Å². The van der Waals surface area contributed by atoms with Crippen molar-refractivity contribution in [3.05, 3.63) is 35.8 Å². The molecule has 0 unspecified atom stereocenters. The molecule has 3 N–H and O–H groups in total. The van der Waals surface area contributed by atoms with Crippen molar-refractivity contribution in [2.75, 3.05) is 27.7 Å². The first-order valence-electron chi connectivity index (χ1n) is 7.23. The molecule has 2 rings (SSSR count). The van der Waals surface area contributed by atoms with Crippen molar-refractivity contribution in [2.24, 2.45) is 0 Å². The summed E-state index contributed by atoms with van der Waals surface area (Å²) in [5.41, 5.74) is 1.58. The second-order valence-electron chi connectivity index (χ2n) is 5.26. The van der Waals surface area contributed by atoms with Gasteiger partial charge in [-0.1, -0.05) is 0 Å². The van der Waals surface area contributed by atoms with Gasteiger partial charge in [0.1, 0.15) is 11.6 Å². The number of aromatic amines is 1. The van der Waals surface area contributed by atoms with E-state index in [1.54, 1.807) is 0 Å². The van der Waals surface area contributed by atoms with Crippen molar-refractivity contribution in [1.29, 1.82) is 0 Å². The first-order valence-corrected chi connectivity index (χ1v) is 7.23. The Morgan fingerprint density at radius 3 is 2.36 bits per heavy atom. The van der Waals surface area contributed by atoms with Gasteiger partial charge in [-0.25, -0.2) is 14.0 Å². The summed E-state index contributed by atoms with van der Waals surface area (Å²) in [6, 6.07) is 2.82. The molecule has 0 fully saturated rings. The monoisotopic (exact) mass is 353 g/mol. The zero-order valence-corrected chi connectivity index (χ0v) is 14.1. The number of ether oxygens (including phenoxy) is 1. The molecule has 2 aromatic rings. The van der Waals surface area contributed by atoms with Gasteiger partial charge >= 0.3 is 11.9 Å². The average molecular weight is 353 g/mol. The summed E-state index contributed by atoms with van der Waals surface area (Å²) < 4.78 is 18.5. The van der Waals surface area contributed by atoms with E-state index < -0.39 is 11.9 Å². The van der Waals surface area contributed by atoms with Gasteiger partial charge in [0.25, 0.3) is 0 Å². The number of methoxy groups -OCH3 is 1. The lowest BCUT2D eigenvalue weighted by Crippen LogP contribution is -2.15. The third-order valence-electron chi connectivity index (χ3n) is 3.05. The Kier molecular flexibility index (Phi) is 7.54. The summed E-state index contributed by atoms with van der Waals surface area (Å²) >= 11 is 0. The second kappa shape index (κ2) is 9.38. The van der Waals surface area contributed by atoms with Crippen LogP contribution >= 0.6 is 0 Å². The number of fused-ring (bicyclic) bond motifs is 1. The highest BCUT2D eigenvalue weighted by Gasteiger charge is 2.12. The molecule has 0 aliphatic carbocycles. The molecule has 1 aromatic heterocycles. The number of carboxylic acid groups (broad SMARTS) is 2. The summed E-state index contributed by atoms with van der Waals surface area (Å²) in [7, 11) is 5.55. The minimum Gasteiger partial charge on any atom is -0.496 e. The van der Waals surface area contributed by atoms with Gasteiger partial charge in [-0.3, -0.25) is 5.10 Å². The van der Waals surface area contributed by atoms with E-state index in [0.717, 1.165) is 24.0 Å². The maximum Gasteiger partial charge on any atom is 0.328 e. The second-order valence-corrected chi connectivity index (χ2v) is 5.26. The van der Waals surface area contributed by atoms with Crippen LogP contribution < -0.4 is 4.74 Å². The molecule has 136 valence electrons. The minimum atomic E-state index is -1.26. The largest absolute Gasteiger partial charge is 0.496 e. The number of carboxylic acids is 2. The van der Waals surface area contributed by atoms with Gasteiger partial charge in [0.05, 0.1) is 23.7 Å². The highest BCUT2D eigenvalue weighted by Crippen LogP contribution is 2.28. The van der Waals surface area contributed by atoms with Crippen LogP contribution in [0, 0.1) is 5.82 Å². The summed E-state index contributed by atoms with van der Waals surface area (Å²) in [5.74, 6) is -2.31. The number of benzene rings is 1. The Morgan fingerprint density at radius 2 is 1.88 bits per heavy atom. The van der Waals surface area contributed by atoms with E-state index in [1.165, 1.54) is 19.2 Å². The van der Waals surface area contributed by atoms with Crippen molar-refractivity contribution in [3.63, 3.8) is 0 Å². The molecule has 0 saturated heterocycles.